The van der Waals surface area contributed by atoms with Gasteiger partial charge in [-0.25, -0.2) is 9.37 Å². The van der Waals surface area contributed by atoms with Crippen LogP contribution in [0.4, 0.5) is 15.9 Å². The van der Waals surface area contributed by atoms with Gasteiger partial charge in [0, 0.05) is 44.6 Å². The Hall–Kier alpha value is -2.14. The molecule has 1 aromatic heterocycles. The Morgan fingerprint density at radius 3 is 2.48 bits per heavy atom. The Morgan fingerprint density at radius 1 is 1.05 bits per heavy atom. The molecule has 0 atom stereocenters. The lowest BCUT2D eigenvalue weighted by molar-refractivity contribution is 0.617. The van der Waals surface area contributed by atoms with Crippen LogP contribution in [0, 0.1) is 5.82 Å². The lowest BCUT2D eigenvalue weighted by Gasteiger charge is -2.36. The Balaban J connectivity index is 1.70. The van der Waals surface area contributed by atoms with Gasteiger partial charge in [0.25, 0.3) is 0 Å². The van der Waals surface area contributed by atoms with Crippen molar-refractivity contribution in [3.8, 4) is 0 Å². The maximum absolute atomic E-state index is 13.6. The molecular formula is C16H19FN4. The molecule has 21 heavy (non-hydrogen) atoms. The van der Waals surface area contributed by atoms with Crippen molar-refractivity contribution in [1.29, 1.82) is 0 Å². The maximum Gasteiger partial charge on any atom is 0.128 e. The second-order valence-electron chi connectivity index (χ2n) is 5.18. The molecule has 5 heteroatoms. The normalized spacial score (nSPS) is 15.3. The standard InChI is InChI=1S/C16H19FN4/c17-14-9-13(12-18)10-15(11-14)20-5-7-21(8-6-20)16-3-1-2-4-19-16/h1-4,9-11H,5-8,12,18H2. The van der Waals surface area contributed by atoms with Crippen molar-refractivity contribution in [3.05, 3.63) is 54.0 Å². The lowest BCUT2D eigenvalue weighted by atomic mass is 10.1. The number of halogens is 1. The molecule has 0 unspecified atom stereocenters. The first-order valence-electron chi connectivity index (χ1n) is 7.17. The SMILES string of the molecule is NCc1cc(F)cc(N2CCN(c3ccccn3)CC2)c1. The first kappa shape index (κ1) is 13.8. The minimum Gasteiger partial charge on any atom is -0.368 e. The van der Waals surface area contributed by atoms with Crippen LogP contribution in [0.3, 0.4) is 0 Å². The van der Waals surface area contributed by atoms with Crippen molar-refractivity contribution in [2.75, 3.05) is 36.0 Å². The van der Waals surface area contributed by atoms with E-state index < -0.39 is 0 Å². The van der Waals surface area contributed by atoms with Gasteiger partial charge in [-0.15, -0.1) is 0 Å². The van der Waals surface area contributed by atoms with Crippen LogP contribution < -0.4 is 15.5 Å². The Kier molecular flexibility index (Phi) is 4.01. The summed E-state index contributed by atoms with van der Waals surface area (Å²) in [5.74, 6) is 0.777. The number of piperazine rings is 1. The van der Waals surface area contributed by atoms with Gasteiger partial charge in [0.15, 0.2) is 0 Å². The van der Waals surface area contributed by atoms with E-state index in [9.17, 15) is 4.39 Å². The molecule has 1 saturated heterocycles. The number of anilines is 2. The molecule has 1 aliphatic rings. The Labute approximate surface area is 124 Å². The zero-order chi connectivity index (χ0) is 14.7. The van der Waals surface area contributed by atoms with Crippen LogP contribution in [-0.2, 0) is 6.54 Å². The first-order valence-corrected chi connectivity index (χ1v) is 7.17. The highest BCUT2D eigenvalue weighted by atomic mass is 19.1. The van der Waals surface area contributed by atoms with Gasteiger partial charge in [0.1, 0.15) is 11.6 Å². The summed E-state index contributed by atoms with van der Waals surface area (Å²) < 4.78 is 13.6. The Bertz CT molecular complexity index is 594. The van der Waals surface area contributed by atoms with Crippen molar-refractivity contribution in [2.24, 2.45) is 5.73 Å². The molecule has 0 spiro atoms. The number of benzene rings is 1. The summed E-state index contributed by atoms with van der Waals surface area (Å²) in [6, 6.07) is 11.0. The van der Waals surface area contributed by atoms with E-state index in [1.807, 2.05) is 30.5 Å². The van der Waals surface area contributed by atoms with E-state index >= 15 is 0 Å². The zero-order valence-electron chi connectivity index (χ0n) is 11.9. The minimum absolute atomic E-state index is 0.222. The third-order valence-corrected chi connectivity index (χ3v) is 3.80. The van der Waals surface area contributed by atoms with E-state index in [0.29, 0.717) is 6.54 Å². The van der Waals surface area contributed by atoms with E-state index in [4.69, 9.17) is 5.73 Å². The molecule has 0 saturated carbocycles. The van der Waals surface area contributed by atoms with E-state index in [2.05, 4.69) is 14.8 Å². The fraction of sp³-hybridized carbons (Fsp3) is 0.312. The third-order valence-electron chi connectivity index (χ3n) is 3.80. The molecule has 4 nitrogen and oxygen atoms in total. The van der Waals surface area contributed by atoms with E-state index in [-0.39, 0.29) is 5.82 Å². The maximum atomic E-state index is 13.6. The molecular weight excluding hydrogens is 267 g/mol. The number of rotatable bonds is 3. The van der Waals surface area contributed by atoms with Crippen LogP contribution in [0.5, 0.6) is 0 Å². The summed E-state index contributed by atoms with van der Waals surface area (Å²) in [6.45, 7) is 3.82. The fourth-order valence-electron chi connectivity index (χ4n) is 2.67. The first-order chi connectivity index (χ1) is 10.3. The van der Waals surface area contributed by atoms with Gasteiger partial charge < -0.3 is 15.5 Å². The van der Waals surface area contributed by atoms with E-state index in [0.717, 1.165) is 43.2 Å². The number of nitrogens with zero attached hydrogens (tertiary/aromatic N) is 3. The number of pyridine rings is 1. The van der Waals surface area contributed by atoms with Crippen molar-refractivity contribution in [2.45, 2.75) is 6.54 Å². The average molecular weight is 286 g/mol. The quantitative estimate of drug-likeness (QED) is 0.937. The van der Waals surface area contributed by atoms with E-state index in [1.54, 1.807) is 6.07 Å². The van der Waals surface area contributed by atoms with Crippen molar-refractivity contribution < 1.29 is 4.39 Å². The van der Waals surface area contributed by atoms with Gasteiger partial charge in [0.05, 0.1) is 0 Å². The molecule has 2 N–H and O–H groups in total. The Morgan fingerprint density at radius 2 is 1.81 bits per heavy atom. The molecule has 2 aromatic rings. The number of nitrogens with two attached hydrogens (primary N) is 1. The predicted molar refractivity (Wildman–Crippen MR) is 83.0 cm³/mol. The summed E-state index contributed by atoms with van der Waals surface area (Å²) in [5, 5.41) is 0. The van der Waals surface area contributed by atoms with Gasteiger partial charge in [-0.05, 0) is 35.9 Å². The number of hydrogen-bond acceptors (Lipinski definition) is 4. The summed E-state index contributed by atoms with van der Waals surface area (Å²) in [5.41, 5.74) is 7.36. The molecule has 1 fully saturated rings. The van der Waals surface area contributed by atoms with Crippen LogP contribution in [-0.4, -0.2) is 31.2 Å². The van der Waals surface area contributed by atoms with Crippen molar-refractivity contribution in [3.63, 3.8) is 0 Å². The van der Waals surface area contributed by atoms with Gasteiger partial charge in [-0.2, -0.15) is 0 Å². The predicted octanol–water partition coefficient (Wildman–Crippen LogP) is 2.01. The molecule has 3 rings (SSSR count). The number of hydrogen-bond donors (Lipinski definition) is 1. The lowest BCUT2D eigenvalue weighted by Crippen LogP contribution is -2.46. The highest BCUT2D eigenvalue weighted by molar-refractivity contribution is 5.51. The summed E-state index contributed by atoms with van der Waals surface area (Å²) >= 11 is 0. The number of aromatic nitrogens is 1. The minimum atomic E-state index is -0.222. The van der Waals surface area contributed by atoms with Crippen LogP contribution in [0.25, 0.3) is 0 Å². The summed E-state index contributed by atoms with van der Waals surface area (Å²) in [7, 11) is 0. The second-order valence-corrected chi connectivity index (χ2v) is 5.18. The zero-order valence-corrected chi connectivity index (χ0v) is 11.9. The smallest absolute Gasteiger partial charge is 0.128 e. The monoisotopic (exact) mass is 286 g/mol. The topological polar surface area (TPSA) is 45.4 Å². The third kappa shape index (κ3) is 3.13. The molecule has 1 aliphatic heterocycles. The van der Waals surface area contributed by atoms with Crippen LogP contribution in [0.2, 0.25) is 0 Å². The van der Waals surface area contributed by atoms with E-state index in [1.165, 1.54) is 6.07 Å². The van der Waals surface area contributed by atoms with Gasteiger partial charge in [0.2, 0.25) is 0 Å². The second kappa shape index (κ2) is 6.10. The summed E-state index contributed by atoms with van der Waals surface area (Å²) in [4.78, 5) is 8.82. The van der Waals surface area contributed by atoms with Gasteiger partial charge >= 0.3 is 0 Å². The molecule has 0 radical (unpaired) electrons. The molecule has 0 amide bonds. The van der Waals surface area contributed by atoms with Gasteiger partial charge in [-0.1, -0.05) is 6.07 Å². The van der Waals surface area contributed by atoms with Crippen LogP contribution in [0.15, 0.2) is 42.6 Å². The van der Waals surface area contributed by atoms with Crippen molar-refractivity contribution in [1.82, 2.24) is 4.98 Å². The highest BCUT2D eigenvalue weighted by Gasteiger charge is 2.18. The fourth-order valence-corrected chi connectivity index (χ4v) is 2.67. The molecule has 0 aliphatic carbocycles. The van der Waals surface area contributed by atoms with Gasteiger partial charge in [-0.3, -0.25) is 0 Å². The van der Waals surface area contributed by atoms with Crippen molar-refractivity contribution >= 4 is 11.5 Å². The van der Waals surface area contributed by atoms with Crippen LogP contribution >= 0.6 is 0 Å². The van der Waals surface area contributed by atoms with Crippen LogP contribution in [0.1, 0.15) is 5.56 Å². The average Bonchev–Trinajstić information content (AvgIpc) is 2.55. The molecule has 1 aromatic carbocycles. The molecule has 0 bridgehead atoms. The summed E-state index contributed by atoms with van der Waals surface area (Å²) in [6.07, 6.45) is 1.81. The molecule has 2 heterocycles. The molecule has 110 valence electrons. The largest absolute Gasteiger partial charge is 0.368 e. The highest BCUT2D eigenvalue weighted by Crippen LogP contribution is 2.21.